The highest BCUT2D eigenvalue weighted by molar-refractivity contribution is 6.16. The summed E-state index contributed by atoms with van der Waals surface area (Å²) in [5.41, 5.74) is 10.2. The Bertz CT molecular complexity index is 3380. The predicted octanol–water partition coefficient (Wildman–Crippen LogP) is 13.7. The summed E-state index contributed by atoms with van der Waals surface area (Å²) < 4.78 is 6.29. The molecule has 1 aliphatic heterocycles. The second kappa shape index (κ2) is 11.9. The number of anilines is 3. The number of rotatable bonds is 4. The van der Waals surface area contributed by atoms with E-state index in [0.717, 1.165) is 66.5 Å². The summed E-state index contributed by atoms with van der Waals surface area (Å²) in [6.45, 7) is 0. The van der Waals surface area contributed by atoms with Gasteiger partial charge in [-0.15, -0.1) is 0 Å². The normalized spacial score (nSPS) is 12.2. The lowest BCUT2D eigenvalue weighted by Crippen LogP contribution is -2.15. The van der Waals surface area contributed by atoms with Crippen molar-refractivity contribution in [3.63, 3.8) is 0 Å². The molecular formula is C51H30N4O. The van der Waals surface area contributed by atoms with E-state index in [1.165, 1.54) is 32.7 Å². The molecule has 0 fully saturated rings. The smallest absolute Gasteiger partial charge is 0.164 e. The van der Waals surface area contributed by atoms with Crippen LogP contribution in [0.4, 0.5) is 17.1 Å². The van der Waals surface area contributed by atoms with Crippen LogP contribution in [0.5, 0.6) is 0 Å². The molecule has 56 heavy (non-hydrogen) atoms. The quantitative estimate of drug-likeness (QED) is 0.182. The molecule has 2 aromatic heterocycles. The van der Waals surface area contributed by atoms with Crippen LogP contribution in [0.1, 0.15) is 0 Å². The zero-order chi connectivity index (χ0) is 36.7. The molecule has 3 heterocycles. The molecule has 260 valence electrons. The summed E-state index contributed by atoms with van der Waals surface area (Å²) in [5, 5.41) is 9.22. The van der Waals surface area contributed by atoms with Gasteiger partial charge in [-0.2, -0.15) is 0 Å². The van der Waals surface area contributed by atoms with Gasteiger partial charge in [-0.25, -0.2) is 15.0 Å². The molecule has 0 bridgehead atoms. The van der Waals surface area contributed by atoms with Gasteiger partial charge in [-0.05, 0) is 81.0 Å². The predicted molar refractivity (Wildman–Crippen MR) is 230 cm³/mol. The highest BCUT2D eigenvalue weighted by Gasteiger charge is 2.27. The largest absolute Gasteiger partial charge is 0.456 e. The van der Waals surface area contributed by atoms with E-state index in [2.05, 4.69) is 132 Å². The number of nitrogens with zero attached hydrogens (tertiary/aromatic N) is 4. The standard InChI is InChI=1S/C51H30N4O/c1-2-11-33(12-3-1)49-52-50(36-24-26-39-38-18-6-7-22-46(38)56-47(39)29-36)54-51(53-49)41-20-8-15-31-23-25-37(30-42(31)41)55-44-21-10-17-32-16-9-19-40(48(32)44)43-27-34-13-4-5-14-35(34)28-45(43)55/h1-30H. The number of para-hydroxylation sites is 1. The van der Waals surface area contributed by atoms with Crippen molar-refractivity contribution in [3.8, 4) is 45.3 Å². The highest BCUT2D eigenvalue weighted by atomic mass is 16.3. The maximum Gasteiger partial charge on any atom is 0.164 e. The number of furan rings is 1. The van der Waals surface area contributed by atoms with Gasteiger partial charge in [0, 0.05) is 44.1 Å². The van der Waals surface area contributed by atoms with Crippen molar-refractivity contribution in [2.24, 2.45) is 0 Å². The van der Waals surface area contributed by atoms with Crippen molar-refractivity contribution in [2.45, 2.75) is 0 Å². The third-order valence-electron chi connectivity index (χ3n) is 11.2. The summed E-state index contributed by atoms with van der Waals surface area (Å²) in [6.07, 6.45) is 0. The topological polar surface area (TPSA) is 55.1 Å². The summed E-state index contributed by atoms with van der Waals surface area (Å²) in [6, 6.07) is 64.1. The van der Waals surface area contributed by atoms with Gasteiger partial charge in [-0.1, -0.05) is 133 Å². The van der Waals surface area contributed by atoms with Crippen molar-refractivity contribution in [3.05, 3.63) is 182 Å². The molecule has 0 atom stereocenters. The Morgan fingerprint density at radius 2 is 1.04 bits per heavy atom. The third kappa shape index (κ3) is 4.71. The van der Waals surface area contributed by atoms with E-state index in [4.69, 9.17) is 19.4 Å². The van der Waals surface area contributed by atoms with Gasteiger partial charge in [-0.3, -0.25) is 0 Å². The fourth-order valence-corrected chi connectivity index (χ4v) is 8.57. The van der Waals surface area contributed by atoms with Crippen molar-refractivity contribution in [1.29, 1.82) is 0 Å². The molecule has 0 saturated heterocycles. The number of hydrogen-bond acceptors (Lipinski definition) is 5. The first kappa shape index (κ1) is 30.8. The number of fused-ring (bicyclic) bond motifs is 7. The molecule has 12 rings (SSSR count). The zero-order valence-electron chi connectivity index (χ0n) is 30.0. The van der Waals surface area contributed by atoms with E-state index < -0.39 is 0 Å². The molecule has 0 radical (unpaired) electrons. The molecule has 11 aromatic rings. The van der Waals surface area contributed by atoms with Gasteiger partial charge < -0.3 is 9.32 Å². The average molecular weight is 715 g/mol. The van der Waals surface area contributed by atoms with Crippen LogP contribution in [0.15, 0.2) is 186 Å². The Kier molecular flexibility index (Phi) is 6.56. The lowest BCUT2D eigenvalue weighted by atomic mass is 9.89. The van der Waals surface area contributed by atoms with E-state index in [1.54, 1.807) is 0 Å². The van der Waals surface area contributed by atoms with Crippen LogP contribution in [-0.4, -0.2) is 15.0 Å². The second-order valence-electron chi connectivity index (χ2n) is 14.4. The number of hydrogen-bond donors (Lipinski definition) is 0. The zero-order valence-corrected chi connectivity index (χ0v) is 30.0. The minimum absolute atomic E-state index is 0.587. The molecule has 1 aliphatic rings. The molecule has 9 aromatic carbocycles. The Morgan fingerprint density at radius 3 is 1.91 bits per heavy atom. The first-order chi connectivity index (χ1) is 27.7. The highest BCUT2D eigenvalue weighted by Crippen LogP contribution is 2.52. The van der Waals surface area contributed by atoms with Crippen molar-refractivity contribution >= 4 is 71.3 Å². The van der Waals surface area contributed by atoms with E-state index in [0.29, 0.717) is 17.5 Å². The average Bonchev–Trinajstić information content (AvgIpc) is 3.64. The van der Waals surface area contributed by atoms with Crippen LogP contribution in [0.25, 0.3) is 99.5 Å². The number of benzene rings is 9. The monoisotopic (exact) mass is 714 g/mol. The molecule has 0 amide bonds. The van der Waals surface area contributed by atoms with Crippen LogP contribution in [-0.2, 0) is 0 Å². The van der Waals surface area contributed by atoms with Gasteiger partial charge in [0.05, 0.1) is 11.4 Å². The fourth-order valence-electron chi connectivity index (χ4n) is 8.57. The first-order valence-corrected chi connectivity index (χ1v) is 18.8. The van der Waals surface area contributed by atoms with Crippen molar-refractivity contribution in [1.82, 2.24) is 15.0 Å². The molecular weight excluding hydrogens is 685 g/mol. The van der Waals surface area contributed by atoms with Gasteiger partial charge in [0.1, 0.15) is 11.2 Å². The van der Waals surface area contributed by atoms with Crippen LogP contribution in [0.2, 0.25) is 0 Å². The summed E-state index contributed by atoms with van der Waals surface area (Å²) in [7, 11) is 0. The van der Waals surface area contributed by atoms with E-state index in [1.807, 2.05) is 54.6 Å². The second-order valence-corrected chi connectivity index (χ2v) is 14.4. The molecule has 5 nitrogen and oxygen atoms in total. The Morgan fingerprint density at radius 1 is 0.357 bits per heavy atom. The minimum Gasteiger partial charge on any atom is -0.456 e. The Labute approximate surface area is 321 Å². The summed E-state index contributed by atoms with van der Waals surface area (Å²) >= 11 is 0. The fraction of sp³-hybridized carbons (Fsp3) is 0. The van der Waals surface area contributed by atoms with Crippen molar-refractivity contribution in [2.75, 3.05) is 4.90 Å². The van der Waals surface area contributed by atoms with E-state index in [-0.39, 0.29) is 0 Å². The molecule has 0 unspecified atom stereocenters. The summed E-state index contributed by atoms with van der Waals surface area (Å²) in [5.74, 6) is 1.81. The van der Waals surface area contributed by atoms with Gasteiger partial charge in [0.2, 0.25) is 0 Å². The third-order valence-corrected chi connectivity index (χ3v) is 11.2. The maximum absolute atomic E-state index is 6.29. The van der Waals surface area contributed by atoms with Gasteiger partial charge in [0.15, 0.2) is 17.5 Å². The van der Waals surface area contributed by atoms with Gasteiger partial charge in [0.25, 0.3) is 0 Å². The van der Waals surface area contributed by atoms with Crippen LogP contribution in [0.3, 0.4) is 0 Å². The lowest BCUT2D eigenvalue weighted by molar-refractivity contribution is 0.669. The lowest BCUT2D eigenvalue weighted by Gasteiger charge is -2.34. The SMILES string of the molecule is c1ccc(-c2nc(-c3ccc4c(c3)oc3ccccc34)nc(-c3cccc4ccc(N5c6cc7ccccc7cc6-c6cccc7cccc5c67)cc34)n2)cc1. The molecule has 0 aliphatic carbocycles. The molecule has 5 heteroatoms. The van der Waals surface area contributed by atoms with Crippen LogP contribution < -0.4 is 4.90 Å². The van der Waals surface area contributed by atoms with Crippen LogP contribution >= 0.6 is 0 Å². The van der Waals surface area contributed by atoms with E-state index in [9.17, 15) is 0 Å². The molecule has 0 N–H and O–H groups in total. The van der Waals surface area contributed by atoms with E-state index >= 15 is 0 Å². The summed E-state index contributed by atoms with van der Waals surface area (Å²) in [4.78, 5) is 17.8. The Balaban J connectivity index is 1.07. The Hall–Kier alpha value is -7.63. The number of aromatic nitrogens is 3. The minimum atomic E-state index is 0.587. The van der Waals surface area contributed by atoms with Crippen molar-refractivity contribution < 1.29 is 4.42 Å². The first-order valence-electron chi connectivity index (χ1n) is 18.8. The molecule has 0 saturated carbocycles. The van der Waals surface area contributed by atoms with Gasteiger partial charge >= 0.3 is 0 Å². The molecule has 0 spiro atoms. The maximum atomic E-state index is 6.29. The van der Waals surface area contributed by atoms with Crippen LogP contribution in [0, 0.1) is 0 Å².